The van der Waals surface area contributed by atoms with Crippen molar-refractivity contribution in [1.82, 2.24) is 9.97 Å². The average molecular weight is 312 g/mol. The van der Waals surface area contributed by atoms with Crippen molar-refractivity contribution in [2.45, 2.75) is 30.5 Å². The molecule has 0 aliphatic carbocycles. The maximum atomic E-state index is 11.3. The number of hydrogen-bond donors (Lipinski definition) is 1. The first-order valence-corrected chi connectivity index (χ1v) is 6.29. The minimum Gasteiger partial charge on any atom is -0.481 e. The molecular formula is C11H13Cl3N2O2. The molecule has 0 amide bonds. The van der Waals surface area contributed by atoms with Gasteiger partial charge in [0.05, 0.1) is 5.92 Å². The lowest BCUT2D eigenvalue weighted by Gasteiger charge is -2.27. The Kier molecular flexibility index (Phi) is 4.47. The molecule has 1 N–H and O–H groups in total. The number of hydrogen-bond acceptors (Lipinski definition) is 3. The van der Waals surface area contributed by atoms with Crippen LogP contribution in [0.4, 0.5) is 0 Å². The van der Waals surface area contributed by atoms with E-state index in [1.807, 2.05) is 20.8 Å². The second-order valence-corrected chi connectivity index (χ2v) is 7.26. The number of aromatic nitrogens is 2. The van der Waals surface area contributed by atoms with Crippen molar-refractivity contribution in [2.24, 2.45) is 5.41 Å². The highest BCUT2D eigenvalue weighted by Crippen LogP contribution is 2.37. The molecule has 1 unspecified atom stereocenters. The van der Waals surface area contributed by atoms with E-state index in [9.17, 15) is 9.90 Å². The smallest absolute Gasteiger partial charge is 0.311 e. The Balaban J connectivity index is 3.14. The first kappa shape index (κ1) is 15.5. The second kappa shape index (κ2) is 5.19. The van der Waals surface area contributed by atoms with Crippen molar-refractivity contribution < 1.29 is 9.90 Å². The standard InChI is InChI=1S/C11H13Cl3N2O2/c1-10(2,3)7(8(17)18)6-4-15-9(16-5-6)11(12,13)14/h4-5,7H,1-3H3,(H,17,18). The molecule has 7 heteroatoms. The van der Waals surface area contributed by atoms with Gasteiger partial charge in [0.2, 0.25) is 3.79 Å². The number of rotatable bonds is 2. The Labute approximate surface area is 120 Å². The Morgan fingerprint density at radius 2 is 1.67 bits per heavy atom. The lowest BCUT2D eigenvalue weighted by Crippen LogP contribution is -2.26. The lowest BCUT2D eigenvalue weighted by molar-refractivity contribution is -0.141. The molecule has 0 radical (unpaired) electrons. The number of halogens is 3. The minimum atomic E-state index is -1.71. The van der Waals surface area contributed by atoms with Crippen molar-refractivity contribution in [1.29, 1.82) is 0 Å². The fourth-order valence-corrected chi connectivity index (χ4v) is 1.94. The number of aliphatic carboxylic acids is 1. The van der Waals surface area contributed by atoms with Crippen molar-refractivity contribution in [3.05, 3.63) is 23.8 Å². The van der Waals surface area contributed by atoms with Crippen LogP contribution in [0, 0.1) is 5.41 Å². The van der Waals surface area contributed by atoms with E-state index in [-0.39, 0.29) is 5.82 Å². The maximum absolute atomic E-state index is 11.3. The molecule has 1 aromatic heterocycles. The molecule has 0 aromatic carbocycles. The van der Waals surface area contributed by atoms with E-state index in [1.54, 1.807) is 0 Å². The summed E-state index contributed by atoms with van der Waals surface area (Å²) in [6, 6.07) is 0. The zero-order valence-electron chi connectivity index (χ0n) is 10.1. The molecule has 0 saturated heterocycles. The van der Waals surface area contributed by atoms with Crippen LogP contribution >= 0.6 is 34.8 Å². The summed E-state index contributed by atoms with van der Waals surface area (Å²) in [7, 11) is 0. The third kappa shape index (κ3) is 3.70. The van der Waals surface area contributed by atoms with E-state index >= 15 is 0 Å². The maximum Gasteiger partial charge on any atom is 0.311 e. The highest BCUT2D eigenvalue weighted by Gasteiger charge is 2.34. The number of alkyl halides is 3. The van der Waals surface area contributed by atoms with Crippen LogP contribution in [-0.2, 0) is 8.59 Å². The summed E-state index contributed by atoms with van der Waals surface area (Å²) in [5.41, 5.74) is 0.0180. The molecule has 100 valence electrons. The van der Waals surface area contributed by atoms with Crippen LogP contribution in [0.5, 0.6) is 0 Å². The van der Waals surface area contributed by atoms with Crippen LogP contribution < -0.4 is 0 Å². The molecule has 1 atom stereocenters. The fraction of sp³-hybridized carbons (Fsp3) is 0.545. The minimum absolute atomic E-state index is 0.0225. The monoisotopic (exact) mass is 310 g/mol. The summed E-state index contributed by atoms with van der Waals surface area (Å²) < 4.78 is -1.71. The predicted molar refractivity (Wildman–Crippen MR) is 71.1 cm³/mol. The van der Waals surface area contributed by atoms with E-state index in [1.165, 1.54) is 12.4 Å². The molecule has 0 spiro atoms. The summed E-state index contributed by atoms with van der Waals surface area (Å²) >= 11 is 16.9. The number of carboxylic acids is 1. The predicted octanol–water partition coefficient (Wildman–Crippen LogP) is 3.52. The lowest BCUT2D eigenvalue weighted by atomic mass is 9.77. The molecular weight excluding hydrogens is 298 g/mol. The number of carboxylic acid groups (broad SMARTS) is 1. The highest BCUT2D eigenvalue weighted by atomic mass is 35.6. The molecule has 1 rings (SSSR count). The Bertz CT molecular complexity index is 435. The molecule has 0 saturated carbocycles. The molecule has 0 bridgehead atoms. The highest BCUT2D eigenvalue weighted by molar-refractivity contribution is 6.66. The van der Waals surface area contributed by atoms with Gasteiger partial charge in [0, 0.05) is 18.0 Å². The Morgan fingerprint density at radius 1 is 1.22 bits per heavy atom. The van der Waals surface area contributed by atoms with Gasteiger partial charge in [-0.25, -0.2) is 9.97 Å². The number of carbonyl (C=O) groups is 1. The van der Waals surface area contributed by atoms with Gasteiger partial charge in [-0.1, -0.05) is 55.6 Å². The molecule has 0 aliphatic rings. The van der Waals surface area contributed by atoms with Crippen LogP contribution in [-0.4, -0.2) is 21.0 Å². The summed E-state index contributed by atoms with van der Waals surface area (Å²) in [5, 5.41) is 9.26. The normalized spacial score (nSPS) is 14.3. The molecule has 18 heavy (non-hydrogen) atoms. The number of nitrogens with zero attached hydrogens (tertiary/aromatic N) is 2. The Morgan fingerprint density at radius 3 is 1.94 bits per heavy atom. The second-order valence-electron chi connectivity index (χ2n) is 4.98. The van der Waals surface area contributed by atoms with Gasteiger partial charge in [-0.15, -0.1) is 0 Å². The first-order chi connectivity index (χ1) is 8.03. The Hall–Kier alpha value is -0.580. The quantitative estimate of drug-likeness (QED) is 0.849. The zero-order valence-corrected chi connectivity index (χ0v) is 12.4. The van der Waals surface area contributed by atoms with Gasteiger partial charge in [-0.05, 0) is 5.41 Å². The topological polar surface area (TPSA) is 63.1 Å². The summed E-state index contributed by atoms with van der Waals surface area (Å²) in [6.45, 7) is 5.48. The average Bonchev–Trinajstić information content (AvgIpc) is 2.13. The molecule has 4 nitrogen and oxygen atoms in total. The summed E-state index contributed by atoms with van der Waals surface area (Å²) in [6.07, 6.45) is 2.77. The molecule has 0 fully saturated rings. The third-order valence-corrected chi connectivity index (χ3v) is 2.88. The van der Waals surface area contributed by atoms with Crippen LogP contribution in [0.15, 0.2) is 12.4 Å². The van der Waals surface area contributed by atoms with Crippen molar-refractivity contribution in [2.75, 3.05) is 0 Å². The third-order valence-electron chi connectivity index (χ3n) is 2.37. The van der Waals surface area contributed by atoms with Crippen molar-refractivity contribution in [3.8, 4) is 0 Å². The first-order valence-electron chi connectivity index (χ1n) is 5.15. The van der Waals surface area contributed by atoms with E-state index < -0.39 is 21.1 Å². The fourth-order valence-electron chi connectivity index (χ4n) is 1.65. The SMILES string of the molecule is CC(C)(C)C(C(=O)O)c1cnc(C(Cl)(Cl)Cl)nc1. The van der Waals surface area contributed by atoms with Crippen molar-refractivity contribution in [3.63, 3.8) is 0 Å². The molecule has 1 aromatic rings. The van der Waals surface area contributed by atoms with E-state index in [4.69, 9.17) is 34.8 Å². The van der Waals surface area contributed by atoms with Gasteiger partial charge in [0.25, 0.3) is 0 Å². The van der Waals surface area contributed by atoms with Crippen LogP contribution in [0.25, 0.3) is 0 Å². The van der Waals surface area contributed by atoms with Crippen LogP contribution in [0.1, 0.15) is 38.1 Å². The van der Waals surface area contributed by atoms with Crippen molar-refractivity contribution >= 4 is 40.8 Å². The van der Waals surface area contributed by atoms with Gasteiger partial charge in [-0.3, -0.25) is 4.79 Å². The van der Waals surface area contributed by atoms with Gasteiger partial charge in [-0.2, -0.15) is 0 Å². The molecule has 0 aliphatic heterocycles. The van der Waals surface area contributed by atoms with Crippen LogP contribution in [0.2, 0.25) is 0 Å². The van der Waals surface area contributed by atoms with E-state index in [0.717, 1.165) is 0 Å². The largest absolute Gasteiger partial charge is 0.481 e. The van der Waals surface area contributed by atoms with Gasteiger partial charge >= 0.3 is 5.97 Å². The van der Waals surface area contributed by atoms with Gasteiger partial charge in [0.15, 0.2) is 5.82 Å². The summed E-state index contributed by atoms with van der Waals surface area (Å²) in [4.78, 5) is 19.1. The van der Waals surface area contributed by atoms with E-state index in [2.05, 4.69) is 9.97 Å². The van der Waals surface area contributed by atoms with E-state index in [0.29, 0.717) is 5.56 Å². The summed E-state index contributed by atoms with van der Waals surface area (Å²) in [5.74, 6) is -1.64. The van der Waals surface area contributed by atoms with Gasteiger partial charge < -0.3 is 5.11 Å². The zero-order chi connectivity index (χ0) is 14.1. The van der Waals surface area contributed by atoms with Gasteiger partial charge in [0.1, 0.15) is 0 Å². The molecule has 1 heterocycles. The van der Waals surface area contributed by atoms with Crippen LogP contribution in [0.3, 0.4) is 0 Å².